The lowest BCUT2D eigenvalue weighted by molar-refractivity contribution is -0.153. The van der Waals surface area contributed by atoms with E-state index in [2.05, 4.69) is 5.32 Å². The first kappa shape index (κ1) is 9.83. The highest BCUT2D eigenvalue weighted by Gasteiger charge is 2.43. The third-order valence-electron chi connectivity index (χ3n) is 2.19. The highest BCUT2D eigenvalue weighted by atomic mass is 19.3. The average molecular weight is 181 g/mol. The molecule has 0 aromatic heterocycles. The normalized spacial score (nSPS) is 27.5. The second kappa shape index (κ2) is 3.64. The van der Waals surface area contributed by atoms with Crippen molar-refractivity contribution in [1.29, 1.82) is 0 Å². The quantitative estimate of drug-likeness (QED) is 0.554. The number of halogens is 2. The van der Waals surface area contributed by atoms with Gasteiger partial charge in [0.15, 0.2) is 0 Å². The molecule has 1 saturated heterocycles. The minimum atomic E-state index is -3.36. The summed E-state index contributed by atoms with van der Waals surface area (Å²) in [6.45, 7) is -0.231. The van der Waals surface area contributed by atoms with Gasteiger partial charge in [-0.15, -0.1) is 0 Å². The van der Waals surface area contributed by atoms with Crippen molar-refractivity contribution in [2.75, 3.05) is 19.7 Å². The highest BCUT2D eigenvalue weighted by Crippen LogP contribution is 2.26. The molecule has 12 heavy (non-hydrogen) atoms. The van der Waals surface area contributed by atoms with Crippen molar-refractivity contribution in [1.82, 2.24) is 5.32 Å². The van der Waals surface area contributed by atoms with E-state index < -0.39 is 24.6 Å². The van der Waals surface area contributed by atoms with Crippen LogP contribution in [-0.4, -0.2) is 41.9 Å². The summed E-state index contributed by atoms with van der Waals surface area (Å²) in [6, 6.07) is 0. The molecule has 0 aliphatic carbocycles. The zero-order chi connectivity index (χ0) is 9.19. The van der Waals surface area contributed by atoms with Crippen LogP contribution in [0.4, 0.5) is 8.78 Å². The van der Waals surface area contributed by atoms with Crippen LogP contribution < -0.4 is 5.32 Å². The van der Waals surface area contributed by atoms with Gasteiger partial charge in [0.1, 0.15) is 12.7 Å². The molecular formula is C7H13F2NO2. The molecule has 72 valence electrons. The SMILES string of the molecule is OCC(F)(F)C(O)C1CCNC1. The summed E-state index contributed by atoms with van der Waals surface area (Å²) in [7, 11) is 0. The number of hydrogen-bond acceptors (Lipinski definition) is 3. The monoisotopic (exact) mass is 181 g/mol. The van der Waals surface area contributed by atoms with Gasteiger partial charge in [-0.1, -0.05) is 0 Å². The lowest BCUT2D eigenvalue weighted by Gasteiger charge is -2.24. The molecule has 2 atom stereocenters. The number of nitrogens with one attached hydrogen (secondary N) is 1. The van der Waals surface area contributed by atoms with Crippen LogP contribution in [0.25, 0.3) is 0 Å². The Bertz CT molecular complexity index is 148. The third kappa shape index (κ3) is 1.91. The number of aliphatic hydroxyl groups is 2. The first-order valence-corrected chi connectivity index (χ1v) is 3.95. The smallest absolute Gasteiger partial charge is 0.296 e. The zero-order valence-electron chi connectivity index (χ0n) is 6.63. The Morgan fingerprint density at radius 2 is 2.25 bits per heavy atom. The molecule has 0 aromatic rings. The van der Waals surface area contributed by atoms with E-state index in [1.807, 2.05) is 0 Å². The van der Waals surface area contributed by atoms with E-state index in [4.69, 9.17) is 10.2 Å². The molecule has 0 spiro atoms. The van der Waals surface area contributed by atoms with E-state index in [9.17, 15) is 8.78 Å². The van der Waals surface area contributed by atoms with Crippen LogP contribution in [0, 0.1) is 5.92 Å². The van der Waals surface area contributed by atoms with Crippen molar-refractivity contribution in [3.63, 3.8) is 0 Å². The van der Waals surface area contributed by atoms with E-state index in [1.165, 1.54) is 0 Å². The lowest BCUT2D eigenvalue weighted by atomic mass is 9.97. The Labute approximate surface area is 69.4 Å². The molecule has 1 fully saturated rings. The molecule has 0 aromatic carbocycles. The van der Waals surface area contributed by atoms with E-state index in [1.54, 1.807) is 0 Å². The predicted molar refractivity (Wildman–Crippen MR) is 39.0 cm³/mol. The second-order valence-electron chi connectivity index (χ2n) is 3.12. The largest absolute Gasteiger partial charge is 0.390 e. The fraction of sp³-hybridized carbons (Fsp3) is 1.00. The third-order valence-corrected chi connectivity index (χ3v) is 2.19. The summed E-state index contributed by atoms with van der Waals surface area (Å²) < 4.78 is 25.3. The van der Waals surface area contributed by atoms with E-state index >= 15 is 0 Å². The van der Waals surface area contributed by atoms with E-state index in [-0.39, 0.29) is 0 Å². The van der Waals surface area contributed by atoms with Crippen molar-refractivity contribution in [3.8, 4) is 0 Å². The molecule has 1 rings (SSSR count). The predicted octanol–water partition coefficient (Wildman–Crippen LogP) is -0.416. The molecule has 5 heteroatoms. The zero-order valence-corrected chi connectivity index (χ0v) is 6.63. The summed E-state index contributed by atoms with van der Waals surface area (Å²) in [5, 5.41) is 20.3. The number of aliphatic hydroxyl groups excluding tert-OH is 2. The number of rotatable bonds is 3. The van der Waals surface area contributed by atoms with Gasteiger partial charge in [-0.25, -0.2) is 8.78 Å². The number of alkyl halides is 2. The van der Waals surface area contributed by atoms with Crippen LogP contribution in [0.15, 0.2) is 0 Å². The minimum absolute atomic E-state index is 0.400. The molecule has 0 amide bonds. The maximum Gasteiger partial charge on any atom is 0.296 e. The van der Waals surface area contributed by atoms with Gasteiger partial charge >= 0.3 is 0 Å². The fourth-order valence-electron chi connectivity index (χ4n) is 1.38. The second-order valence-corrected chi connectivity index (χ2v) is 3.12. The van der Waals surface area contributed by atoms with Gasteiger partial charge in [0.2, 0.25) is 0 Å². The molecule has 3 nitrogen and oxygen atoms in total. The van der Waals surface area contributed by atoms with Crippen molar-refractivity contribution in [2.24, 2.45) is 5.92 Å². The van der Waals surface area contributed by atoms with Gasteiger partial charge < -0.3 is 15.5 Å². The summed E-state index contributed by atoms with van der Waals surface area (Å²) >= 11 is 0. The summed E-state index contributed by atoms with van der Waals surface area (Å²) in [4.78, 5) is 0. The van der Waals surface area contributed by atoms with Gasteiger partial charge in [0.25, 0.3) is 5.92 Å². The molecule has 0 bridgehead atoms. The first-order valence-electron chi connectivity index (χ1n) is 3.95. The van der Waals surface area contributed by atoms with Gasteiger partial charge in [-0.05, 0) is 13.0 Å². The van der Waals surface area contributed by atoms with Crippen LogP contribution in [0.2, 0.25) is 0 Å². The molecular weight excluding hydrogens is 168 g/mol. The van der Waals surface area contributed by atoms with Gasteiger partial charge in [-0.3, -0.25) is 0 Å². The van der Waals surface area contributed by atoms with Crippen LogP contribution in [-0.2, 0) is 0 Å². The Balaban J connectivity index is 2.50. The van der Waals surface area contributed by atoms with E-state index in [0.29, 0.717) is 19.5 Å². The topological polar surface area (TPSA) is 52.5 Å². The Hall–Kier alpha value is -0.260. The van der Waals surface area contributed by atoms with E-state index in [0.717, 1.165) is 0 Å². The summed E-state index contributed by atoms with van der Waals surface area (Å²) in [6.07, 6.45) is -1.19. The van der Waals surface area contributed by atoms with Crippen molar-refractivity contribution >= 4 is 0 Å². The molecule has 2 unspecified atom stereocenters. The Morgan fingerprint density at radius 3 is 2.67 bits per heavy atom. The maximum atomic E-state index is 12.7. The molecule has 0 saturated carbocycles. The first-order chi connectivity index (χ1) is 5.58. The van der Waals surface area contributed by atoms with Gasteiger partial charge in [0.05, 0.1) is 0 Å². The average Bonchev–Trinajstić information content (AvgIpc) is 2.55. The lowest BCUT2D eigenvalue weighted by Crippen LogP contribution is -2.43. The van der Waals surface area contributed by atoms with Crippen molar-refractivity contribution in [3.05, 3.63) is 0 Å². The van der Waals surface area contributed by atoms with Gasteiger partial charge in [-0.2, -0.15) is 0 Å². The Morgan fingerprint density at radius 1 is 1.58 bits per heavy atom. The highest BCUT2D eigenvalue weighted by molar-refractivity contribution is 4.86. The molecule has 1 aliphatic rings. The van der Waals surface area contributed by atoms with Crippen LogP contribution in [0.5, 0.6) is 0 Å². The van der Waals surface area contributed by atoms with Gasteiger partial charge in [0, 0.05) is 12.5 Å². The van der Waals surface area contributed by atoms with Crippen LogP contribution >= 0.6 is 0 Å². The molecule has 3 N–H and O–H groups in total. The number of hydrogen-bond donors (Lipinski definition) is 3. The summed E-state index contributed by atoms with van der Waals surface area (Å²) in [5.41, 5.74) is 0. The van der Waals surface area contributed by atoms with Crippen molar-refractivity contribution in [2.45, 2.75) is 18.4 Å². The molecule has 1 heterocycles. The Kier molecular flexibility index (Phi) is 2.98. The standard InChI is InChI=1S/C7H13F2NO2/c8-7(9,4-11)6(12)5-1-2-10-3-5/h5-6,10-12H,1-4H2. The summed E-state index contributed by atoms with van der Waals surface area (Å²) in [5.74, 6) is -3.80. The fourth-order valence-corrected chi connectivity index (χ4v) is 1.38. The minimum Gasteiger partial charge on any atom is -0.390 e. The van der Waals surface area contributed by atoms with Crippen LogP contribution in [0.1, 0.15) is 6.42 Å². The van der Waals surface area contributed by atoms with Crippen LogP contribution in [0.3, 0.4) is 0 Å². The molecule has 0 radical (unpaired) electrons. The molecule has 1 aliphatic heterocycles. The van der Waals surface area contributed by atoms with Crippen molar-refractivity contribution < 1.29 is 19.0 Å². The maximum absolute atomic E-state index is 12.7.